The van der Waals surface area contributed by atoms with Gasteiger partial charge < -0.3 is 9.64 Å². The summed E-state index contributed by atoms with van der Waals surface area (Å²) in [6, 6.07) is 8.60. The highest BCUT2D eigenvalue weighted by atomic mass is 16.5. The Labute approximate surface area is 179 Å². The summed E-state index contributed by atoms with van der Waals surface area (Å²) in [5.41, 5.74) is 5.60. The third kappa shape index (κ3) is 4.71. The largest absolute Gasteiger partial charge is 0.378 e. The molecule has 0 radical (unpaired) electrons. The normalized spacial score (nSPS) is 20.0. The van der Waals surface area contributed by atoms with Crippen molar-refractivity contribution in [3.8, 4) is 0 Å². The molecule has 1 aromatic heterocycles. The summed E-state index contributed by atoms with van der Waals surface area (Å²) in [5, 5.41) is 0. The van der Waals surface area contributed by atoms with Gasteiger partial charge in [-0.05, 0) is 44.9 Å². The first-order valence-electron chi connectivity index (χ1n) is 11.0. The molecule has 0 spiro atoms. The molecule has 0 bridgehead atoms. The number of hydrogen-bond donors (Lipinski definition) is 0. The van der Waals surface area contributed by atoms with Crippen LogP contribution in [0, 0.1) is 20.8 Å². The van der Waals surface area contributed by atoms with Gasteiger partial charge in [-0.3, -0.25) is 9.69 Å². The summed E-state index contributed by atoms with van der Waals surface area (Å²) >= 11 is 0. The predicted octanol–water partition coefficient (Wildman–Crippen LogP) is 2.79. The van der Waals surface area contributed by atoms with E-state index in [0.29, 0.717) is 38.6 Å². The number of likely N-dealkylation sites (tertiary alicyclic amines) is 1. The molecule has 160 valence electrons. The molecule has 1 amide bonds. The van der Waals surface area contributed by atoms with Crippen LogP contribution in [-0.2, 0) is 22.5 Å². The van der Waals surface area contributed by atoms with E-state index in [1.54, 1.807) is 0 Å². The van der Waals surface area contributed by atoms with Gasteiger partial charge in [-0.25, -0.2) is 9.97 Å². The standard InChI is InChI=1S/C24H32N4O2/c1-17-6-4-5-7-20(17)15-27-9-8-21(16-27)24-25-18(2)22(19(3)26-24)14-23(29)28-10-12-30-13-11-28/h4-7,21H,8-16H2,1-3H3. The van der Waals surface area contributed by atoms with Crippen LogP contribution in [0.4, 0.5) is 0 Å². The average Bonchev–Trinajstić information content (AvgIpc) is 3.21. The van der Waals surface area contributed by atoms with Gasteiger partial charge in [0.1, 0.15) is 5.82 Å². The third-order valence-electron chi connectivity index (χ3n) is 6.42. The van der Waals surface area contributed by atoms with Crippen molar-refractivity contribution in [1.29, 1.82) is 0 Å². The second-order valence-electron chi connectivity index (χ2n) is 8.55. The van der Waals surface area contributed by atoms with Gasteiger partial charge in [0.25, 0.3) is 0 Å². The fourth-order valence-corrected chi connectivity index (χ4v) is 4.50. The number of morpholine rings is 1. The first kappa shape index (κ1) is 20.9. The van der Waals surface area contributed by atoms with Crippen LogP contribution in [-0.4, -0.2) is 65.1 Å². The Hall–Kier alpha value is -2.31. The number of carbonyl (C=O) groups excluding carboxylic acids is 1. The molecule has 6 nitrogen and oxygen atoms in total. The van der Waals surface area contributed by atoms with Gasteiger partial charge in [0, 0.05) is 49.0 Å². The van der Waals surface area contributed by atoms with Gasteiger partial charge in [-0.1, -0.05) is 24.3 Å². The average molecular weight is 409 g/mol. The lowest BCUT2D eigenvalue weighted by Crippen LogP contribution is -2.41. The lowest BCUT2D eigenvalue weighted by molar-refractivity contribution is -0.134. The number of aromatic nitrogens is 2. The van der Waals surface area contributed by atoms with E-state index in [1.807, 2.05) is 18.7 Å². The highest BCUT2D eigenvalue weighted by molar-refractivity contribution is 5.79. The van der Waals surface area contributed by atoms with Crippen molar-refractivity contribution in [3.63, 3.8) is 0 Å². The number of carbonyl (C=O) groups is 1. The smallest absolute Gasteiger partial charge is 0.227 e. The zero-order valence-electron chi connectivity index (χ0n) is 18.4. The van der Waals surface area contributed by atoms with Crippen LogP contribution in [0.25, 0.3) is 0 Å². The van der Waals surface area contributed by atoms with Gasteiger partial charge in [-0.2, -0.15) is 0 Å². The predicted molar refractivity (Wildman–Crippen MR) is 116 cm³/mol. The minimum Gasteiger partial charge on any atom is -0.378 e. The SMILES string of the molecule is Cc1ccccc1CN1CCC(c2nc(C)c(CC(=O)N3CCOCC3)c(C)n2)C1. The molecule has 30 heavy (non-hydrogen) atoms. The van der Waals surface area contributed by atoms with Gasteiger partial charge in [0.15, 0.2) is 0 Å². The van der Waals surface area contributed by atoms with E-state index < -0.39 is 0 Å². The second-order valence-corrected chi connectivity index (χ2v) is 8.55. The second kappa shape index (κ2) is 9.23. The van der Waals surface area contributed by atoms with Crippen LogP contribution in [0.1, 0.15) is 46.2 Å². The van der Waals surface area contributed by atoms with Gasteiger partial charge in [0.05, 0.1) is 19.6 Å². The van der Waals surface area contributed by atoms with Crippen molar-refractivity contribution in [2.45, 2.75) is 46.1 Å². The zero-order valence-corrected chi connectivity index (χ0v) is 18.4. The van der Waals surface area contributed by atoms with Crippen molar-refractivity contribution in [2.75, 3.05) is 39.4 Å². The lowest BCUT2D eigenvalue weighted by Gasteiger charge is -2.27. The van der Waals surface area contributed by atoms with E-state index in [0.717, 1.165) is 48.8 Å². The molecule has 3 heterocycles. The molecular formula is C24H32N4O2. The van der Waals surface area contributed by atoms with Crippen molar-refractivity contribution >= 4 is 5.91 Å². The Morgan fingerprint density at radius 3 is 2.47 bits per heavy atom. The summed E-state index contributed by atoms with van der Waals surface area (Å²) in [6.45, 7) is 11.8. The molecular weight excluding hydrogens is 376 g/mol. The number of amides is 1. The van der Waals surface area contributed by atoms with Gasteiger partial charge in [0.2, 0.25) is 5.91 Å². The van der Waals surface area contributed by atoms with Crippen LogP contribution in [0.15, 0.2) is 24.3 Å². The maximum atomic E-state index is 12.7. The molecule has 1 unspecified atom stereocenters. The van der Waals surface area contributed by atoms with Crippen molar-refractivity contribution in [3.05, 3.63) is 58.2 Å². The molecule has 4 rings (SSSR count). The van der Waals surface area contributed by atoms with Crippen LogP contribution < -0.4 is 0 Å². The monoisotopic (exact) mass is 408 g/mol. The lowest BCUT2D eigenvalue weighted by atomic mass is 10.0. The molecule has 2 aliphatic rings. The Morgan fingerprint density at radius 2 is 1.77 bits per heavy atom. The van der Waals surface area contributed by atoms with Crippen molar-refractivity contribution in [2.24, 2.45) is 0 Å². The molecule has 2 fully saturated rings. The van der Waals surface area contributed by atoms with Gasteiger partial charge >= 0.3 is 0 Å². The van der Waals surface area contributed by atoms with E-state index in [4.69, 9.17) is 14.7 Å². The van der Waals surface area contributed by atoms with Crippen LogP contribution in [0.2, 0.25) is 0 Å². The topological polar surface area (TPSA) is 58.6 Å². The maximum Gasteiger partial charge on any atom is 0.227 e. The molecule has 2 aliphatic heterocycles. The number of aryl methyl sites for hydroxylation is 3. The molecule has 0 N–H and O–H groups in total. The fraction of sp³-hybridized carbons (Fsp3) is 0.542. The molecule has 0 saturated carbocycles. The third-order valence-corrected chi connectivity index (χ3v) is 6.42. The van der Waals surface area contributed by atoms with E-state index in [9.17, 15) is 4.79 Å². The summed E-state index contributed by atoms with van der Waals surface area (Å²) in [7, 11) is 0. The number of nitrogens with zero attached hydrogens (tertiary/aromatic N) is 4. The fourth-order valence-electron chi connectivity index (χ4n) is 4.50. The minimum atomic E-state index is 0.145. The molecule has 2 aromatic rings. The van der Waals surface area contributed by atoms with Crippen molar-refractivity contribution < 1.29 is 9.53 Å². The highest BCUT2D eigenvalue weighted by Gasteiger charge is 2.28. The number of rotatable bonds is 5. The number of benzene rings is 1. The van der Waals surface area contributed by atoms with E-state index in [2.05, 4.69) is 36.1 Å². The molecule has 6 heteroatoms. The highest BCUT2D eigenvalue weighted by Crippen LogP contribution is 2.28. The summed E-state index contributed by atoms with van der Waals surface area (Å²) in [6.07, 6.45) is 1.46. The van der Waals surface area contributed by atoms with E-state index >= 15 is 0 Å². The van der Waals surface area contributed by atoms with Crippen LogP contribution in [0.3, 0.4) is 0 Å². The Morgan fingerprint density at radius 1 is 1.07 bits per heavy atom. The molecule has 1 atom stereocenters. The number of hydrogen-bond acceptors (Lipinski definition) is 5. The number of ether oxygens (including phenoxy) is 1. The molecule has 2 saturated heterocycles. The Kier molecular flexibility index (Phi) is 6.44. The van der Waals surface area contributed by atoms with E-state index in [1.165, 1.54) is 11.1 Å². The quantitative estimate of drug-likeness (QED) is 0.761. The minimum absolute atomic E-state index is 0.145. The first-order valence-corrected chi connectivity index (χ1v) is 11.0. The van der Waals surface area contributed by atoms with Crippen molar-refractivity contribution in [1.82, 2.24) is 19.8 Å². The molecule has 0 aliphatic carbocycles. The maximum absolute atomic E-state index is 12.7. The Bertz CT molecular complexity index is 885. The van der Waals surface area contributed by atoms with Gasteiger partial charge in [-0.15, -0.1) is 0 Å². The Balaban J connectivity index is 1.41. The van der Waals surface area contributed by atoms with E-state index in [-0.39, 0.29) is 5.91 Å². The van der Waals surface area contributed by atoms with Crippen LogP contribution >= 0.6 is 0 Å². The molecule has 1 aromatic carbocycles. The summed E-state index contributed by atoms with van der Waals surface area (Å²) < 4.78 is 5.35. The first-order chi connectivity index (χ1) is 14.5. The zero-order chi connectivity index (χ0) is 21.1. The van der Waals surface area contributed by atoms with Crippen LogP contribution in [0.5, 0.6) is 0 Å². The summed E-state index contributed by atoms with van der Waals surface area (Å²) in [5.74, 6) is 1.43. The summed E-state index contributed by atoms with van der Waals surface area (Å²) in [4.78, 5) is 26.7.